The van der Waals surface area contributed by atoms with E-state index in [-0.39, 0.29) is 0 Å². The second-order valence-corrected chi connectivity index (χ2v) is 4.91. The lowest BCUT2D eigenvalue weighted by Crippen LogP contribution is -2.00. The van der Waals surface area contributed by atoms with Gasteiger partial charge in [0.05, 0.1) is 5.69 Å². The van der Waals surface area contributed by atoms with Gasteiger partial charge in [-0.3, -0.25) is 0 Å². The first-order chi connectivity index (χ1) is 5.90. The number of hydrogen-bond donors (Lipinski definition) is 1. The van der Waals surface area contributed by atoms with Crippen molar-refractivity contribution < 1.29 is 0 Å². The van der Waals surface area contributed by atoms with Crippen LogP contribution in [-0.4, -0.2) is 17.3 Å². The highest BCUT2D eigenvalue weighted by atomic mass is 32.2. The zero-order valence-electron chi connectivity index (χ0n) is 7.09. The summed E-state index contributed by atoms with van der Waals surface area (Å²) in [5, 5.41) is 4.36. The van der Waals surface area contributed by atoms with Crippen molar-refractivity contribution in [3.63, 3.8) is 0 Å². The van der Waals surface area contributed by atoms with Crippen molar-refractivity contribution in [2.45, 2.75) is 19.1 Å². The Morgan fingerprint density at radius 2 is 2.50 bits per heavy atom. The molecule has 0 amide bonds. The van der Waals surface area contributed by atoms with Gasteiger partial charge in [0.1, 0.15) is 0 Å². The Kier molecular flexibility index (Phi) is 2.56. The van der Waals surface area contributed by atoms with Crippen LogP contribution in [0.1, 0.15) is 17.5 Å². The number of anilines is 1. The fourth-order valence-corrected chi connectivity index (χ4v) is 3.44. The zero-order chi connectivity index (χ0) is 8.39. The lowest BCUT2D eigenvalue weighted by Gasteiger charge is -2.06. The summed E-state index contributed by atoms with van der Waals surface area (Å²) in [6, 6.07) is 0. The van der Waals surface area contributed by atoms with E-state index in [0.717, 1.165) is 18.1 Å². The monoisotopic (exact) mass is 200 g/mol. The fourth-order valence-electron chi connectivity index (χ4n) is 1.25. The number of rotatable bonds is 2. The first-order valence-electron chi connectivity index (χ1n) is 4.20. The van der Waals surface area contributed by atoms with Crippen LogP contribution >= 0.6 is 23.1 Å². The second-order valence-electron chi connectivity index (χ2n) is 2.72. The molecular formula is C8H12N2S2. The minimum atomic E-state index is 0.972. The van der Waals surface area contributed by atoms with Gasteiger partial charge in [0.2, 0.25) is 0 Å². The van der Waals surface area contributed by atoms with Crippen LogP contribution in [-0.2, 0) is 12.2 Å². The molecule has 0 unspecified atom stereocenters. The molecule has 2 nitrogen and oxygen atoms in total. The quantitative estimate of drug-likeness (QED) is 0.793. The maximum Gasteiger partial charge on any atom is 0.183 e. The van der Waals surface area contributed by atoms with Crippen LogP contribution in [0.4, 0.5) is 5.13 Å². The largest absolute Gasteiger partial charge is 0.362 e. The molecule has 1 aliphatic heterocycles. The molecule has 0 saturated carbocycles. The van der Waals surface area contributed by atoms with E-state index in [1.807, 2.05) is 23.1 Å². The molecule has 1 N–H and O–H groups in total. The topological polar surface area (TPSA) is 24.9 Å². The number of aryl methyl sites for hydroxylation is 1. The summed E-state index contributed by atoms with van der Waals surface area (Å²) >= 11 is 3.83. The average molecular weight is 200 g/mol. The highest BCUT2D eigenvalue weighted by molar-refractivity contribution is 7.98. The first kappa shape index (κ1) is 8.38. The van der Waals surface area contributed by atoms with Gasteiger partial charge in [-0.05, 0) is 19.1 Å². The molecule has 4 heteroatoms. The summed E-state index contributed by atoms with van der Waals surface area (Å²) in [4.78, 5) is 6.01. The van der Waals surface area contributed by atoms with E-state index in [9.17, 15) is 0 Å². The maximum atomic E-state index is 4.53. The van der Waals surface area contributed by atoms with Gasteiger partial charge in [-0.2, -0.15) is 11.8 Å². The van der Waals surface area contributed by atoms with Crippen LogP contribution in [0.3, 0.4) is 0 Å². The summed E-state index contributed by atoms with van der Waals surface area (Å²) in [6.45, 7) is 3.08. The maximum absolute atomic E-state index is 4.53. The van der Waals surface area contributed by atoms with Crippen LogP contribution in [0.25, 0.3) is 0 Å². The lowest BCUT2D eigenvalue weighted by molar-refractivity contribution is 1.03. The molecule has 0 bridgehead atoms. The van der Waals surface area contributed by atoms with Crippen molar-refractivity contribution in [1.29, 1.82) is 0 Å². The molecule has 0 fully saturated rings. The minimum Gasteiger partial charge on any atom is -0.362 e. The van der Waals surface area contributed by atoms with Gasteiger partial charge in [0, 0.05) is 17.2 Å². The number of nitrogens with one attached hydrogen (secondary N) is 1. The van der Waals surface area contributed by atoms with E-state index in [0.29, 0.717) is 0 Å². The summed E-state index contributed by atoms with van der Waals surface area (Å²) in [5.74, 6) is 2.40. The Morgan fingerprint density at radius 3 is 3.25 bits per heavy atom. The van der Waals surface area contributed by atoms with Crippen molar-refractivity contribution in [2.24, 2.45) is 0 Å². The molecule has 0 spiro atoms. The van der Waals surface area contributed by atoms with Crippen molar-refractivity contribution in [3.8, 4) is 0 Å². The SMILES string of the molecule is CCNc1nc2c(s1)CSCC2. The highest BCUT2D eigenvalue weighted by Crippen LogP contribution is 2.31. The van der Waals surface area contributed by atoms with Crippen LogP contribution in [0, 0.1) is 0 Å². The standard InChI is InChI=1S/C8H12N2S2/c1-2-9-8-10-6-3-4-11-5-7(6)12-8/h2-5H2,1H3,(H,9,10). The number of thioether (sulfide) groups is 1. The average Bonchev–Trinajstić information content (AvgIpc) is 2.47. The number of hydrogen-bond acceptors (Lipinski definition) is 4. The summed E-state index contributed by atoms with van der Waals surface area (Å²) in [7, 11) is 0. The smallest absolute Gasteiger partial charge is 0.183 e. The van der Waals surface area contributed by atoms with Gasteiger partial charge in [-0.25, -0.2) is 4.98 Å². The van der Waals surface area contributed by atoms with E-state index in [1.165, 1.54) is 22.1 Å². The van der Waals surface area contributed by atoms with E-state index in [2.05, 4.69) is 17.2 Å². The van der Waals surface area contributed by atoms with E-state index in [1.54, 1.807) is 0 Å². The Labute approximate surface area is 80.8 Å². The minimum absolute atomic E-state index is 0.972. The zero-order valence-corrected chi connectivity index (χ0v) is 8.73. The molecule has 1 aliphatic rings. The summed E-state index contributed by atoms with van der Waals surface area (Å²) in [5.41, 5.74) is 1.33. The molecule has 0 aromatic carbocycles. The Balaban J connectivity index is 2.20. The van der Waals surface area contributed by atoms with Crippen LogP contribution in [0.5, 0.6) is 0 Å². The normalized spacial score (nSPS) is 15.8. The predicted octanol–water partition coefficient (Wildman–Crippen LogP) is 2.36. The van der Waals surface area contributed by atoms with Gasteiger partial charge < -0.3 is 5.32 Å². The number of aromatic nitrogens is 1. The van der Waals surface area contributed by atoms with E-state index in [4.69, 9.17) is 0 Å². The fraction of sp³-hybridized carbons (Fsp3) is 0.625. The summed E-state index contributed by atoms with van der Waals surface area (Å²) < 4.78 is 0. The molecule has 2 rings (SSSR count). The van der Waals surface area contributed by atoms with Gasteiger partial charge in [0.15, 0.2) is 5.13 Å². The Hall–Kier alpha value is -0.220. The van der Waals surface area contributed by atoms with Crippen molar-refractivity contribution in [1.82, 2.24) is 4.98 Å². The molecule has 0 aliphatic carbocycles. The predicted molar refractivity (Wildman–Crippen MR) is 56.1 cm³/mol. The number of fused-ring (bicyclic) bond motifs is 1. The molecule has 0 atom stereocenters. The van der Waals surface area contributed by atoms with Gasteiger partial charge in [0.25, 0.3) is 0 Å². The van der Waals surface area contributed by atoms with Crippen LogP contribution < -0.4 is 5.32 Å². The Morgan fingerprint density at radius 1 is 1.58 bits per heavy atom. The molecule has 66 valence electrons. The van der Waals surface area contributed by atoms with E-state index >= 15 is 0 Å². The van der Waals surface area contributed by atoms with Crippen molar-refractivity contribution >= 4 is 28.2 Å². The van der Waals surface area contributed by atoms with Crippen LogP contribution in [0.15, 0.2) is 0 Å². The number of nitrogens with zero attached hydrogens (tertiary/aromatic N) is 1. The third-order valence-electron chi connectivity index (χ3n) is 1.82. The lowest BCUT2D eigenvalue weighted by atomic mass is 10.3. The second kappa shape index (κ2) is 3.66. The molecule has 2 heterocycles. The first-order valence-corrected chi connectivity index (χ1v) is 6.17. The van der Waals surface area contributed by atoms with Gasteiger partial charge in [-0.15, -0.1) is 11.3 Å². The third-order valence-corrected chi connectivity index (χ3v) is 4.05. The van der Waals surface area contributed by atoms with Crippen molar-refractivity contribution in [2.75, 3.05) is 17.6 Å². The number of thiazole rings is 1. The molecule has 1 aromatic heterocycles. The highest BCUT2D eigenvalue weighted by Gasteiger charge is 2.14. The third kappa shape index (κ3) is 1.59. The van der Waals surface area contributed by atoms with Gasteiger partial charge in [-0.1, -0.05) is 0 Å². The molecular weight excluding hydrogens is 188 g/mol. The van der Waals surface area contributed by atoms with E-state index < -0.39 is 0 Å². The molecule has 12 heavy (non-hydrogen) atoms. The Bertz CT molecular complexity index is 247. The molecule has 0 saturated heterocycles. The molecule has 1 aromatic rings. The van der Waals surface area contributed by atoms with Crippen molar-refractivity contribution in [3.05, 3.63) is 10.6 Å². The van der Waals surface area contributed by atoms with Gasteiger partial charge >= 0.3 is 0 Å². The van der Waals surface area contributed by atoms with Crippen LogP contribution in [0.2, 0.25) is 0 Å². The molecule has 0 radical (unpaired) electrons. The summed E-state index contributed by atoms with van der Waals surface area (Å²) in [6.07, 6.45) is 1.15.